The van der Waals surface area contributed by atoms with Crippen LogP contribution in [-0.4, -0.2) is 46.8 Å². The van der Waals surface area contributed by atoms with Crippen LogP contribution in [0.1, 0.15) is 22.5 Å². The van der Waals surface area contributed by atoms with E-state index in [2.05, 4.69) is 16.9 Å². The molecule has 3 rings (SSSR count). The molecule has 1 aliphatic heterocycles. The van der Waals surface area contributed by atoms with Crippen LogP contribution >= 0.6 is 11.6 Å². The molecule has 1 aliphatic rings. The standard InChI is InChI=1S/C20H25ClN4O/c1-14-5-6-17(21)13-19(14)24-9-11-25(12-10-24)20(26)8-7-18-15(2)22-23(4)16(18)3/h5-8,13H,9-12H2,1-4H3/b8-7+. The Labute approximate surface area is 159 Å². The average Bonchev–Trinajstić information content (AvgIpc) is 2.87. The van der Waals surface area contributed by atoms with Gasteiger partial charge in [-0.1, -0.05) is 17.7 Å². The van der Waals surface area contributed by atoms with E-state index >= 15 is 0 Å². The number of anilines is 1. The Morgan fingerprint density at radius 1 is 1.15 bits per heavy atom. The summed E-state index contributed by atoms with van der Waals surface area (Å²) in [6.07, 6.45) is 3.55. The topological polar surface area (TPSA) is 41.4 Å². The first-order chi connectivity index (χ1) is 12.4. The molecule has 0 saturated carbocycles. The van der Waals surface area contributed by atoms with Crippen LogP contribution in [0.4, 0.5) is 5.69 Å². The Bertz CT molecular complexity index is 848. The zero-order valence-electron chi connectivity index (χ0n) is 15.8. The minimum atomic E-state index is 0.0510. The van der Waals surface area contributed by atoms with E-state index in [1.165, 1.54) is 5.56 Å². The molecular weight excluding hydrogens is 348 g/mol. The van der Waals surface area contributed by atoms with Crippen LogP contribution in [0.2, 0.25) is 5.02 Å². The number of hydrogen-bond acceptors (Lipinski definition) is 3. The Morgan fingerprint density at radius 3 is 2.46 bits per heavy atom. The Balaban J connectivity index is 1.63. The minimum Gasteiger partial charge on any atom is -0.368 e. The van der Waals surface area contributed by atoms with E-state index in [9.17, 15) is 4.79 Å². The first-order valence-corrected chi connectivity index (χ1v) is 9.23. The van der Waals surface area contributed by atoms with E-state index in [1.54, 1.807) is 6.08 Å². The number of carbonyl (C=O) groups is 1. The lowest BCUT2D eigenvalue weighted by Gasteiger charge is -2.36. The summed E-state index contributed by atoms with van der Waals surface area (Å²) in [5.74, 6) is 0.0510. The summed E-state index contributed by atoms with van der Waals surface area (Å²) < 4.78 is 1.84. The van der Waals surface area contributed by atoms with E-state index in [-0.39, 0.29) is 5.91 Å². The van der Waals surface area contributed by atoms with Crippen molar-refractivity contribution in [3.63, 3.8) is 0 Å². The SMILES string of the molecule is Cc1ccc(Cl)cc1N1CCN(C(=O)/C=C/c2c(C)nn(C)c2C)CC1. The monoisotopic (exact) mass is 372 g/mol. The fraction of sp³-hybridized carbons (Fsp3) is 0.400. The molecule has 0 bridgehead atoms. The largest absolute Gasteiger partial charge is 0.368 e. The zero-order valence-corrected chi connectivity index (χ0v) is 16.5. The molecular formula is C20H25ClN4O. The maximum atomic E-state index is 12.5. The molecule has 2 heterocycles. The van der Waals surface area contributed by atoms with E-state index in [4.69, 9.17) is 11.6 Å². The lowest BCUT2D eigenvalue weighted by Crippen LogP contribution is -2.48. The molecule has 138 valence electrons. The number of nitrogens with zero attached hydrogens (tertiary/aromatic N) is 4. The van der Waals surface area contributed by atoms with Gasteiger partial charge in [0.2, 0.25) is 5.91 Å². The lowest BCUT2D eigenvalue weighted by molar-refractivity contribution is -0.126. The second-order valence-corrected chi connectivity index (χ2v) is 7.22. The highest BCUT2D eigenvalue weighted by molar-refractivity contribution is 6.30. The number of piperazine rings is 1. The highest BCUT2D eigenvalue weighted by Gasteiger charge is 2.21. The normalized spacial score (nSPS) is 15.1. The van der Waals surface area contributed by atoms with Crippen molar-refractivity contribution in [1.29, 1.82) is 0 Å². The molecule has 0 N–H and O–H groups in total. The van der Waals surface area contributed by atoms with Crippen LogP contribution in [0, 0.1) is 20.8 Å². The molecule has 1 aromatic heterocycles. The number of amides is 1. The third-order valence-corrected chi connectivity index (χ3v) is 5.30. The molecule has 1 aromatic carbocycles. The number of halogens is 1. The molecule has 26 heavy (non-hydrogen) atoms. The van der Waals surface area contributed by atoms with Crippen molar-refractivity contribution in [2.45, 2.75) is 20.8 Å². The van der Waals surface area contributed by atoms with Crippen molar-refractivity contribution in [3.05, 3.63) is 51.8 Å². The van der Waals surface area contributed by atoms with E-state index < -0.39 is 0 Å². The maximum absolute atomic E-state index is 12.5. The van der Waals surface area contributed by atoms with Crippen molar-refractivity contribution >= 4 is 29.3 Å². The van der Waals surface area contributed by atoms with Crippen molar-refractivity contribution in [1.82, 2.24) is 14.7 Å². The van der Waals surface area contributed by atoms with Crippen LogP contribution in [0.3, 0.4) is 0 Å². The summed E-state index contributed by atoms with van der Waals surface area (Å²) in [5.41, 5.74) is 5.38. The van der Waals surface area contributed by atoms with Crippen LogP contribution in [0.25, 0.3) is 6.08 Å². The van der Waals surface area contributed by atoms with Gasteiger partial charge in [0.15, 0.2) is 0 Å². The van der Waals surface area contributed by atoms with Gasteiger partial charge in [0, 0.05) is 61.3 Å². The number of rotatable bonds is 3. The van der Waals surface area contributed by atoms with Gasteiger partial charge in [-0.15, -0.1) is 0 Å². The average molecular weight is 373 g/mol. The third-order valence-electron chi connectivity index (χ3n) is 5.06. The first kappa shape index (κ1) is 18.5. The van der Waals surface area contributed by atoms with Crippen molar-refractivity contribution in [2.75, 3.05) is 31.1 Å². The van der Waals surface area contributed by atoms with Crippen LogP contribution < -0.4 is 4.90 Å². The van der Waals surface area contributed by atoms with Gasteiger partial charge in [0.1, 0.15) is 0 Å². The Hall–Kier alpha value is -2.27. The van der Waals surface area contributed by atoms with Gasteiger partial charge in [-0.2, -0.15) is 5.10 Å². The second kappa shape index (κ2) is 7.54. The van der Waals surface area contributed by atoms with Gasteiger partial charge >= 0.3 is 0 Å². The molecule has 1 amide bonds. The summed E-state index contributed by atoms with van der Waals surface area (Å²) >= 11 is 6.13. The van der Waals surface area contributed by atoms with Gasteiger partial charge < -0.3 is 9.80 Å². The molecule has 5 nitrogen and oxygen atoms in total. The zero-order chi connectivity index (χ0) is 18.8. The fourth-order valence-corrected chi connectivity index (χ4v) is 3.55. The number of aryl methyl sites for hydroxylation is 3. The lowest BCUT2D eigenvalue weighted by atomic mass is 10.1. The van der Waals surface area contributed by atoms with Crippen LogP contribution in [-0.2, 0) is 11.8 Å². The molecule has 1 saturated heterocycles. The summed E-state index contributed by atoms with van der Waals surface area (Å²) in [6.45, 7) is 9.10. The highest BCUT2D eigenvalue weighted by Crippen LogP contribution is 2.25. The van der Waals surface area contributed by atoms with Crippen molar-refractivity contribution < 1.29 is 4.79 Å². The molecule has 0 radical (unpaired) electrons. The van der Waals surface area contributed by atoms with Crippen LogP contribution in [0.5, 0.6) is 0 Å². The number of hydrogen-bond donors (Lipinski definition) is 0. The van der Waals surface area contributed by atoms with Crippen LogP contribution in [0.15, 0.2) is 24.3 Å². The quantitative estimate of drug-likeness (QED) is 0.776. The summed E-state index contributed by atoms with van der Waals surface area (Å²) in [7, 11) is 1.92. The molecule has 2 aromatic rings. The highest BCUT2D eigenvalue weighted by atomic mass is 35.5. The minimum absolute atomic E-state index is 0.0510. The predicted molar refractivity (Wildman–Crippen MR) is 107 cm³/mol. The fourth-order valence-electron chi connectivity index (χ4n) is 3.38. The second-order valence-electron chi connectivity index (χ2n) is 6.78. The van der Waals surface area contributed by atoms with Gasteiger partial charge in [-0.25, -0.2) is 0 Å². The number of carbonyl (C=O) groups excluding carboxylic acids is 1. The molecule has 1 fully saturated rings. The summed E-state index contributed by atoms with van der Waals surface area (Å²) in [4.78, 5) is 16.7. The van der Waals surface area contributed by atoms with Gasteiger partial charge in [-0.05, 0) is 44.5 Å². The number of benzene rings is 1. The summed E-state index contributed by atoms with van der Waals surface area (Å²) in [5, 5.41) is 5.13. The van der Waals surface area contributed by atoms with Crippen molar-refractivity contribution in [2.24, 2.45) is 7.05 Å². The van der Waals surface area contributed by atoms with Gasteiger partial charge in [-0.3, -0.25) is 9.48 Å². The molecule has 0 aliphatic carbocycles. The predicted octanol–water partition coefficient (Wildman–Crippen LogP) is 3.36. The van der Waals surface area contributed by atoms with E-state index in [0.29, 0.717) is 13.1 Å². The van der Waals surface area contributed by atoms with E-state index in [0.717, 1.165) is 40.8 Å². The number of aromatic nitrogens is 2. The molecule has 0 unspecified atom stereocenters. The van der Waals surface area contributed by atoms with Crippen molar-refractivity contribution in [3.8, 4) is 0 Å². The smallest absolute Gasteiger partial charge is 0.246 e. The van der Waals surface area contributed by atoms with E-state index in [1.807, 2.05) is 54.8 Å². The third kappa shape index (κ3) is 3.78. The molecule has 0 spiro atoms. The summed E-state index contributed by atoms with van der Waals surface area (Å²) in [6, 6.07) is 5.95. The van der Waals surface area contributed by atoms with Gasteiger partial charge in [0.25, 0.3) is 0 Å². The first-order valence-electron chi connectivity index (χ1n) is 8.85. The Kier molecular flexibility index (Phi) is 5.37. The Morgan fingerprint density at radius 2 is 1.85 bits per heavy atom. The molecule has 6 heteroatoms. The van der Waals surface area contributed by atoms with Gasteiger partial charge in [0.05, 0.1) is 5.69 Å². The maximum Gasteiger partial charge on any atom is 0.246 e. The molecule has 0 atom stereocenters.